The highest BCUT2D eigenvalue weighted by Gasteiger charge is 2.27. The van der Waals surface area contributed by atoms with E-state index in [4.69, 9.17) is 15.3 Å². The normalized spacial score (nSPS) is 12.3. The van der Waals surface area contributed by atoms with Crippen LogP contribution in [0.1, 0.15) is 99.5 Å². The van der Waals surface area contributed by atoms with E-state index < -0.39 is 12.1 Å². The Morgan fingerprint density at radius 3 is 1.21 bits per heavy atom. The first-order chi connectivity index (χ1) is 35.1. The summed E-state index contributed by atoms with van der Waals surface area (Å²) in [6, 6.07) is 24.3. The van der Waals surface area contributed by atoms with Crippen LogP contribution in [0.2, 0.25) is 0 Å². The standard InChI is InChI=1S/C15H16N2O3.C15H24N2O3.C14H20N2O3.C11H16N2O3/c18-12-6-7-13(14(19)10-12)17-15(20)16-9-8-11-4-2-1-3-5-11;1-14(2,3)9-15(4,5)17-13(20)16-11-7-6-10(18)8-12(11)19;17-11-6-7-12(13(18)8-11)16-14(19)15-9-10-4-2-1-3-5-10;1-11(2,3)13-10(16)12-8-5-4-7(14)6-9(8)15/h1-7,10,18-19H,8-9H2,(H2,16,17,20);6-8,18-19H,9H2,1-5H3,(H2,16,17,20);6-8,10,17-18H,1-5,9H2,(H2,15,16,19);4-6,14-15H,1-3H3,(H2,12,13,16). The van der Waals surface area contributed by atoms with Gasteiger partial charge < -0.3 is 83.4 Å². The Balaban J connectivity index is 0.000000264. The summed E-state index contributed by atoms with van der Waals surface area (Å²) in [5.74, 6) is -0.314. The van der Waals surface area contributed by atoms with Crippen molar-refractivity contribution in [2.24, 2.45) is 11.3 Å². The van der Waals surface area contributed by atoms with Gasteiger partial charge in [0.1, 0.15) is 46.0 Å². The zero-order valence-electron chi connectivity index (χ0n) is 44.0. The molecular formula is C55H76N8O12. The lowest BCUT2D eigenvalue weighted by atomic mass is 9.82. The monoisotopic (exact) mass is 1040 g/mol. The van der Waals surface area contributed by atoms with Gasteiger partial charge in [-0.3, -0.25) is 0 Å². The first-order valence-electron chi connectivity index (χ1n) is 24.5. The van der Waals surface area contributed by atoms with E-state index in [1.165, 1.54) is 98.8 Å². The third kappa shape index (κ3) is 25.2. The SMILES string of the molecule is CC(C)(C)CC(C)(C)NC(=O)Nc1ccc(O)cc1O.CC(C)(C)NC(=O)Nc1ccc(O)cc1O.O=C(NCC1CCCCC1)Nc1ccc(O)cc1O.O=C(NCCc1ccccc1)Nc1ccc(O)cc1O. The molecule has 408 valence electrons. The molecule has 6 rings (SSSR count). The molecule has 20 nitrogen and oxygen atoms in total. The molecular weight excluding hydrogens is 965 g/mol. The van der Waals surface area contributed by atoms with Gasteiger partial charge in [-0.05, 0) is 126 Å². The van der Waals surface area contributed by atoms with Gasteiger partial charge in [-0.25, -0.2) is 19.2 Å². The Morgan fingerprint density at radius 1 is 0.467 bits per heavy atom. The van der Waals surface area contributed by atoms with Crippen molar-refractivity contribution in [3.05, 3.63) is 109 Å². The number of phenolic OH excluding ortho intramolecular Hbond substituents is 8. The molecule has 1 fully saturated rings. The summed E-state index contributed by atoms with van der Waals surface area (Å²) < 4.78 is 0. The smallest absolute Gasteiger partial charge is 0.319 e. The van der Waals surface area contributed by atoms with Gasteiger partial charge in [0.15, 0.2) is 0 Å². The van der Waals surface area contributed by atoms with E-state index >= 15 is 0 Å². The minimum absolute atomic E-state index is 0.0364. The second kappa shape index (κ2) is 28.7. The van der Waals surface area contributed by atoms with E-state index in [1.54, 1.807) is 0 Å². The van der Waals surface area contributed by atoms with Gasteiger partial charge in [0.25, 0.3) is 0 Å². The molecule has 0 heterocycles. The summed E-state index contributed by atoms with van der Waals surface area (Å²) in [5, 5.41) is 95.9. The molecule has 0 aliphatic heterocycles. The molecule has 75 heavy (non-hydrogen) atoms. The summed E-state index contributed by atoms with van der Waals surface area (Å²) in [4.78, 5) is 46.8. The van der Waals surface area contributed by atoms with Crippen molar-refractivity contribution in [1.29, 1.82) is 0 Å². The molecule has 0 radical (unpaired) electrons. The van der Waals surface area contributed by atoms with E-state index in [0.29, 0.717) is 24.7 Å². The maximum absolute atomic E-state index is 12.0. The van der Waals surface area contributed by atoms with Gasteiger partial charge in [0.2, 0.25) is 0 Å². The fourth-order valence-corrected chi connectivity index (χ4v) is 7.75. The van der Waals surface area contributed by atoms with Crippen molar-refractivity contribution in [3.63, 3.8) is 0 Å². The molecule has 8 amide bonds. The quantitative estimate of drug-likeness (QED) is 0.0434. The third-order valence-electron chi connectivity index (χ3n) is 10.6. The van der Waals surface area contributed by atoms with Crippen LogP contribution in [-0.4, -0.2) is 89.1 Å². The number of rotatable bonds is 11. The highest BCUT2D eigenvalue weighted by atomic mass is 16.3. The molecule has 0 unspecified atom stereocenters. The summed E-state index contributed by atoms with van der Waals surface area (Å²) >= 11 is 0. The minimum Gasteiger partial charge on any atom is -0.508 e. The van der Waals surface area contributed by atoms with E-state index in [-0.39, 0.29) is 91.6 Å². The molecule has 1 aliphatic rings. The van der Waals surface area contributed by atoms with Crippen molar-refractivity contribution in [3.8, 4) is 46.0 Å². The second-order valence-corrected chi connectivity index (χ2v) is 20.8. The van der Waals surface area contributed by atoms with Crippen LogP contribution >= 0.6 is 0 Å². The minimum atomic E-state index is -0.409. The van der Waals surface area contributed by atoms with E-state index in [1.807, 2.05) is 65.0 Å². The topological polar surface area (TPSA) is 326 Å². The molecule has 5 aromatic carbocycles. The number of carbonyl (C=O) groups excluding carboxylic acids is 4. The number of benzene rings is 5. The number of hydrogen-bond acceptors (Lipinski definition) is 12. The molecule has 1 saturated carbocycles. The van der Waals surface area contributed by atoms with Crippen LogP contribution in [0.5, 0.6) is 46.0 Å². The van der Waals surface area contributed by atoms with Crippen LogP contribution in [0.4, 0.5) is 41.9 Å². The average Bonchev–Trinajstić information content (AvgIpc) is 3.29. The number of amides is 8. The van der Waals surface area contributed by atoms with Crippen LogP contribution in [0.3, 0.4) is 0 Å². The third-order valence-corrected chi connectivity index (χ3v) is 10.6. The Hall–Kier alpha value is -8.42. The van der Waals surface area contributed by atoms with Gasteiger partial charge >= 0.3 is 24.1 Å². The van der Waals surface area contributed by atoms with Gasteiger partial charge in [0, 0.05) is 48.4 Å². The molecule has 0 bridgehead atoms. The van der Waals surface area contributed by atoms with E-state index in [0.717, 1.165) is 24.5 Å². The Labute approximate surface area is 438 Å². The number of phenols is 8. The van der Waals surface area contributed by atoms with Gasteiger partial charge in [-0.15, -0.1) is 0 Å². The number of nitrogens with one attached hydrogen (secondary N) is 8. The van der Waals surface area contributed by atoms with E-state index in [9.17, 15) is 44.7 Å². The van der Waals surface area contributed by atoms with Crippen molar-refractivity contribution >= 4 is 46.9 Å². The maximum atomic E-state index is 12.0. The lowest BCUT2D eigenvalue weighted by Gasteiger charge is -2.33. The fourth-order valence-electron chi connectivity index (χ4n) is 7.75. The highest BCUT2D eigenvalue weighted by molar-refractivity contribution is 5.93. The van der Waals surface area contributed by atoms with Gasteiger partial charge in [-0.2, -0.15) is 0 Å². The largest absolute Gasteiger partial charge is 0.508 e. The van der Waals surface area contributed by atoms with Crippen LogP contribution in [0.15, 0.2) is 103 Å². The van der Waals surface area contributed by atoms with Crippen molar-refractivity contribution in [2.45, 2.75) is 111 Å². The van der Waals surface area contributed by atoms with Gasteiger partial charge in [0.05, 0.1) is 22.7 Å². The van der Waals surface area contributed by atoms with Crippen molar-refractivity contribution in [2.75, 3.05) is 34.4 Å². The van der Waals surface area contributed by atoms with E-state index in [2.05, 4.69) is 63.3 Å². The summed E-state index contributed by atoms with van der Waals surface area (Å²) in [6.45, 7) is 17.0. The number of aromatic hydroxyl groups is 8. The maximum Gasteiger partial charge on any atom is 0.319 e. The number of anilines is 4. The van der Waals surface area contributed by atoms with Crippen molar-refractivity contribution in [1.82, 2.24) is 21.3 Å². The molecule has 0 atom stereocenters. The lowest BCUT2D eigenvalue weighted by molar-refractivity contribution is 0.220. The Morgan fingerprint density at radius 2 is 0.840 bits per heavy atom. The van der Waals surface area contributed by atoms with Crippen molar-refractivity contribution < 1.29 is 60.0 Å². The molecule has 0 saturated heterocycles. The summed E-state index contributed by atoms with van der Waals surface area (Å²) in [7, 11) is 0. The highest BCUT2D eigenvalue weighted by Crippen LogP contribution is 2.31. The number of carbonyl (C=O) groups is 4. The Bertz CT molecular complexity index is 2630. The average molecular weight is 1040 g/mol. The predicted molar refractivity (Wildman–Crippen MR) is 292 cm³/mol. The molecule has 20 heteroatoms. The molecule has 16 N–H and O–H groups in total. The van der Waals surface area contributed by atoms with Crippen LogP contribution in [0.25, 0.3) is 0 Å². The molecule has 0 spiro atoms. The van der Waals surface area contributed by atoms with Gasteiger partial charge in [-0.1, -0.05) is 70.4 Å². The molecule has 0 aromatic heterocycles. The summed E-state index contributed by atoms with van der Waals surface area (Å²) in [6.07, 6.45) is 7.67. The fraction of sp³-hybridized carbons (Fsp3) is 0.382. The molecule has 5 aromatic rings. The predicted octanol–water partition coefficient (Wildman–Crippen LogP) is 10.7. The zero-order valence-corrected chi connectivity index (χ0v) is 44.0. The van der Waals surface area contributed by atoms with Crippen LogP contribution in [-0.2, 0) is 6.42 Å². The first kappa shape index (κ1) is 60.9. The number of hydrogen-bond donors (Lipinski definition) is 16. The molecule has 1 aliphatic carbocycles. The lowest BCUT2D eigenvalue weighted by Crippen LogP contribution is -2.47. The van der Waals surface area contributed by atoms with Crippen LogP contribution in [0, 0.1) is 11.3 Å². The second-order valence-electron chi connectivity index (χ2n) is 20.8. The zero-order chi connectivity index (χ0) is 55.9. The summed E-state index contributed by atoms with van der Waals surface area (Å²) in [5.41, 5.74) is 1.56. The Kier molecular flexibility index (Phi) is 23.3. The first-order valence-corrected chi connectivity index (χ1v) is 24.5. The van der Waals surface area contributed by atoms with Crippen LogP contribution < -0.4 is 42.5 Å². The number of urea groups is 4.